The molecule has 0 amide bonds. The number of halogens is 3. The second kappa shape index (κ2) is 7.22. The summed E-state index contributed by atoms with van der Waals surface area (Å²) >= 11 is 0. The van der Waals surface area contributed by atoms with E-state index in [-0.39, 0.29) is 36.3 Å². The fraction of sp³-hybridized carbons (Fsp3) is 0.357. The van der Waals surface area contributed by atoms with Crippen LogP contribution in [-0.2, 0) is 6.54 Å². The van der Waals surface area contributed by atoms with E-state index < -0.39 is 5.82 Å². The van der Waals surface area contributed by atoms with Crippen LogP contribution >= 0.6 is 24.8 Å². The normalized spacial score (nSPS) is 18.3. The SMILES string of the molecule is Cl.Cl.NC1CCN(Cc2cc(=O)c3cc(F)ccc3[nH]2)C1. The summed E-state index contributed by atoms with van der Waals surface area (Å²) in [5, 5.41) is 0.391. The van der Waals surface area contributed by atoms with E-state index >= 15 is 0 Å². The number of fused-ring (bicyclic) bond motifs is 1. The van der Waals surface area contributed by atoms with Gasteiger partial charge in [0.25, 0.3) is 0 Å². The number of hydrogen-bond acceptors (Lipinski definition) is 3. The quantitative estimate of drug-likeness (QED) is 0.884. The van der Waals surface area contributed by atoms with E-state index in [1.54, 1.807) is 12.1 Å². The van der Waals surface area contributed by atoms with Crippen LogP contribution in [-0.4, -0.2) is 29.0 Å². The van der Waals surface area contributed by atoms with Gasteiger partial charge in [-0.2, -0.15) is 0 Å². The number of likely N-dealkylation sites (tertiary alicyclic amines) is 1. The molecule has 1 aromatic heterocycles. The summed E-state index contributed by atoms with van der Waals surface area (Å²) in [4.78, 5) is 17.4. The number of aromatic amines is 1. The van der Waals surface area contributed by atoms with E-state index in [9.17, 15) is 9.18 Å². The molecule has 1 saturated heterocycles. The van der Waals surface area contributed by atoms with Gasteiger partial charge in [0.05, 0.1) is 0 Å². The van der Waals surface area contributed by atoms with Crippen molar-refractivity contribution in [1.82, 2.24) is 9.88 Å². The first kappa shape index (κ1) is 17.9. The molecule has 0 bridgehead atoms. The molecule has 2 aromatic rings. The van der Waals surface area contributed by atoms with Crippen molar-refractivity contribution in [2.45, 2.75) is 19.0 Å². The predicted octanol–water partition coefficient (Wildman–Crippen LogP) is 2.04. The van der Waals surface area contributed by atoms with Crippen molar-refractivity contribution < 1.29 is 4.39 Å². The number of pyridine rings is 1. The van der Waals surface area contributed by atoms with Gasteiger partial charge in [0.2, 0.25) is 0 Å². The highest BCUT2D eigenvalue weighted by atomic mass is 35.5. The summed E-state index contributed by atoms with van der Waals surface area (Å²) in [7, 11) is 0. The van der Waals surface area contributed by atoms with Crippen molar-refractivity contribution in [3.63, 3.8) is 0 Å². The topological polar surface area (TPSA) is 62.1 Å². The van der Waals surface area contributed by atoms with Crippen LogP contribution < -0.4 is 11.2 Å². The predicted molar refractivity (Wildman–Crippen MR) is 86.9 cm³/mol. The van der Waals surface area contributed by atoms with Crippen molar-refractivity contribution in [2.75, 3.05) is 13.1 Å². The van der Waals surface area contributed by atoms with Crippen LogP contribution in [0.4, 0.5) is 4.39 Å². The molecule has 1 aliphatic rings. The second-order valence-electron chi connectivity index (χ2n) is 5.13. The molecule has 1 aliphatic heterocycles. The number of rotatable bonds is 2. The van der Waals surface area contributed by atoms with Crippen LogP contribution in [0.2, 0.25) is 0 Å². The molecule has 3 rings (SSSR count). The minimum absolute atomic E-state index is 0. The van der Waals surface area contributed by atoms with Gasteiger partial charge in [-0.25, -0.2) is 4.39 Å². The molecule has 0 spiro atoms. The van der Waals surface area contributed by atoms with Gasteiger partial charge in [0, 0.05) is 48.3 Å². The smallest absolute Gasteiger partial charge is 0.189 e. The number of nitrogens with one attached hydrogen (secondary N) is 1. The van der Waals surface area contributed by atoms with Gasteiger partial charge in [-0.05, 0) is 24.6 Å². The zero-order valence-corrected chi connectivity index (χ0v) is 13.0. The number of benzene rings is 1. The zero-order valence-electron chi connectivity index (χ0n) is 11.3. The van der Waals surface area contributed by atoms with Gasteiger partial charge < -0.3 is 10.7 Å². The van der Waals surface area contributed by atoms with Crippen molar-refractivity contribution in [1.29, 1.82) is 0 Å². The van der Waals surface area contributed by atoms with Crippen LogP contribution in [0.15, 0.2) is 29.1 Å². The summed E-state index contributed by atoms with van der Waals surface area (Å²) in [5.41, 5.74) is 7.23. The number of nitrogens with zero attached hydrogens (tertiary/aromatic N) is 1. The number of hydrogen-bond donors (Lipinski definition) is 2. The second-order valence-corrected chi connectivity index (χ2v) is 5.13. The zero-order chi connectivity index (χ0) is 13.4. The molecule has 7 heteroatoms. The van der Waals surface area contributed by atoms with Gasteiger partial charge in [-0.15, -0.1) is 24.8 Å². The molecule has 0 radical (unpaired) electrons. The molecule has 1 unspecified atom stereocenters. The van der Waals surface area contributed by atoms with E-state index in [0.717, 1.165) is 25.2 Å². The Bertz CT molecular complexity index is 677. The first-order chi connectivity index (χ1) is 9.11. The number of aromatic nitrogens is 1. The number of nitrogens with two attached hydrogens (primary N) is 1. The number of H-pyrrole nitrogens is 1. The first-order valence-corrected chi connectivity index (χ1v) is 6.41. The summed E-state index contributed by atoms with van der Waals surface area (Å²) in [6.45, 7) is 2.48. The Kier molecular flexibility index (Phi) is 6.16. The molecule has 21 heavy (non-hydrogen) atoms. The molecular formula is C14H18Cl2FN3O. The van der Waals surface area contributed by atoms with Gasteiger partial charge >= 0.3 is 0 Å². The van der Waals surface area contributed by atoms with Crippen molar-refractivity contribution in [3.8, 4) is 0 Å². The third-order valence-corrected chi connectivity index (χ3v) is 3.55. The maximum atomic E-state index is 13.1. The highest BCUT2D eigenvalue weighted by Gasteiger charge is 2.19. The van der Waals surface area contributed by atoms with E-state index in [1.165, 1.54) is 12.1 Å². The lowest BCUT2D eigenvalue weighted by molar-refractivity contribution is 0.323. The van der Waals surface area contributed by atoms with Crippen molar-refractivity contribution in [2.24, 2.45) is 5.73 Å². The lowest BCUT2D eigenvalue weighted by Gasteiger charge is -2.15. The van der Waals surface area contributed by atoms with Crippen LogP contribution in [0.1, 0.15) is 12.1 Å². The Labute approximate surface area is 134 Å². The Hall–Kier alpha value is -1.14. The molecule has 2 heterocycles. The minimum Gasteiger partial charge on any atom is -0.357 e. The summed E-state index contributed by atoms with van der Waals surface area (Å²) in [6.07, 6.45) is 0.989. The molecule has 1 atom stereocenters. The molecule has 116 valence electrons. The monoisotopic (exact) mass is 333 g/mol. The largest absolute Gasteiger partial charge is 0.357 e. The van der Waals surface area contributed by atoms with Gasteiger partial charge in [0.15, 0.2) is 5.43 Å². The van der Waals surface area contributed by atoms with Crippen LogP contribution in [0, 0.1) is 5.82 Å². The third kappa shape index (κ3) is 3.95. The Balaban J connectivity index is 0.00000110. The summed E-state index contributed by atoms with van der Waals surface area (Å²) in [6, 6.07) is 6.00. The van der Waals surface area contributed by atoms with E-state index in [2.05, 4.69) is 9.88 Å². The van der Waals surface area contributed by atoms with Gasteiger partial charge in [-0.3, -0.25) is 9.69 Å². The Morgan fingerprint density at radius 2 is 2.10 bits per heavy atom. The molecular weight excluding hydrogens is 316 g/mol. The summed E-state index contributed by atoms with van der Waals surface area (Å²) in [5.74, 6) is -0.392. The molecule has 0 aliphatic carbocycles. The Morgan fingerprint density at radius 1 is 1.33 bits per heavy atom. The maximum absolute atomic E-state index is 13.1. The molecule has 1 fully saturated rings. The highest BCUT2D eigenvalue weighted by molar-refractivity contribution is 5.85. The summed E-state index contributed by atoms with van der Waals surface area (Å²) < 4.78 is 13.1. The third-order valence-electron chi connectivity index (χ3n) is 3.55. The minimum atomic E-state index is -0.392. The average Bonchev–Trinajstić information content (AvgIpc) is 2.76. The van der Waals surface area contributed by atoms with E-state index in [4.69, 9.17) is 5.73 Å². The molecule has 4 nitrogen and oxygen atoms in total. The standard InChI is InChI=1S/C14H16FN3O.2ClH/c15-9-1-2-13-12(5-9)14(19)6-11(17-13)8-18-4-3-10(16)7-18;;/h1-2,5-6,10H,3-4,7-8,16H2,(H,17,19);2*1H. The van der Waals surface area contributed by atoms with Crippen molar-refractivity contribution >= 4 is 35.7 Å². The molecule has 1 aromatic carbocycles. The molecule has 0 saturated carbocycles. The highest BCUT2D eigenvalue weighted by Crippen LogP contribution is 2.14. The van der Waals surface area contributed by atoms with Gasteiger partial charge in [-0.1, -0.05) is 0 Å². The van der Waals surface area contributed by atoms with Crippen LogP contribution in [0.3, 0.4) is 0 Å². The van der Waals surface area contributed by atoms with Crippen LogP contribution in [0.5, 0.6) is 0 Å². The fourth-order valence-electron chi connectivity index (χ4n) is 2.61. The Morgan fingerprint density at radius 3 is 2.76 bits per heavy atom. The van der Waals surface area contributed by atoms with Gasteiger partial charge in [0.1, 0.15) is 5.82 Å². The van der Waals surface area contributed by atoms with E-state index in [0.29, 0.717) is 17.4 Å². The van der Waals surface area contributed by atoms with E-state index in [1.807, 2.05) is 0 Å². The fourth-order valence-corrected chi connectivity index (χ4v) is 2.61. The van der Waals surface area contributed by atoms with Crippen molar-refractivity contribution in [3.05, 3.63) is 46.0 Å². The van der Waals surface area contributed by atoms with Crippen LogP contribution in [0.25, 0.3) is 10.9 Å². The molecule has 3 N–H and O–H groups in total. The maximum Gasteiger partial charge on any atom is 0.189 e. The average molecular weight is 334 g/mol. The lowest BCUT2D eigenvalue weighted by Crippen LogP contribution is -2.26. The first-order valence-electron chi connectivity index (χ1n) is 6.41. The lowest BCUT2D eigenvalue weighted by atomic mass is 10.2.